The SMILES string of the molecule is CSCCC(C)N(C)S(=O)(=O)N1CCC(CN)CC1. The van der Waals surface area contributed by atoms with Crippen molar-refractivity contribution in [3.63, 3.8) is 0 Å². The Kier molecular flexibility index (Phi) is 7.10. The highest BCUT2D eigenvalue weighted by molar-refractivity contribution is 7.98. The van der Waals surface area contributed by atoms with Gasteiger partial charge in [0.1, 0.15) is 0 Å². The molecule has 1 aliphatic heterocycles. The Labute approximate surface area is 122 Å². The van der Waals surface area contributed by atoms with E-state index in [2.05, 4.69) is 0 Å². The van der Waals surface area contributed by atoms with Gasteiger partial charge in [-0.2, -0.15) is 28.8 Å². The van der Waals surface area contributed by atoms with Crippen molar-refractivity contribution in [2.75, 3.05) is 38.7 Å². The molecule has 1 aliphatic rings. The van der Waals surface area contributed by atoms with Crippen LogP contribution in [0.3, 0.4) is 0 Å². The van der Waals surface area contributed by atoms with E-state index in [-0.39, 0.29) is 6.04 Å². The summed E-state index contributed by atoms with van der Waals surface area (Å²) in [6.45, 7) is 3.84. The summed E-state index contributed by atoms with van der Waals surface area (Å²) in [6.07, 6.45) is 4.68. The van der Waals surface area contributed by atoms with Gasteiger partial charge in [-0.15, -0.1) is 0 Å². The fourth-order valence-corrected chi connectivity index (χ4v) is 4.43. The summed E-state index contributed by atoms with van der Waals surface area (Å²) < 4.78 is 28.1. The fourth-order valence-electron chi connectivity index (χ4n) is 2.26. The van der Waals surface area contributed by atoms with E-state index in [0.29, 0.717) is 25.6 Å². The fraction of sp³-hybridized carbons (Fsp3) is 1.00. The van der Waals surface area contributed by atoms with E-state index in [0.717, 1.165) is 25.0 Å². The number of nitrogens with two attached hydrogens (primary N) is 1. The zero-order valence-corrected chi connectivity index (χ0v) is 13.8. The number of rotatable bonds is 7. The number of piperidine rings is 1. The predicted molar refractivity (Wildman–Crippen MR) is 82.5 cm³/mol. The Bertz CT molecular complexity index is 346. The molecular weight excluding hydrogens is 282 g/mol. The van der Waals surface area contributed by atoms with Crippen LogP contribution in [0.2, 0.25) is 0 Å². The molecule has 1 fully saturated rings. The van der Waals surface area contributed by atoms with Crippen LogP contribution in [0.25, 0.3) is 0 Å². The maximum atomic E-state index is 12.5. The highest BCUT2D eigenvalue weighted by atomic mass is 32.2. The van der Waals surface area contributed by atoms with Crippen molar-refractivity contribution >= 4 is 22.0 Å². The number of nitrogens with zero attached hydrogens (tertiary/aromatic N) is 2. The van der Waals surface area contributed by atoms with Gasteiger partial charge in [-0.1, -0.05) is 0 Å². The van der Waals surface area contributed by atoms with E-state index in [1.165, 1.54) is 4.31 Å². The number of hydrogen-bond donors (Lipinski definition) is 1. The maximum absolute atomic E-state index is 12.5. The molecule has 7 heteroatoms. The molecule has 0 bridgehead atoms. The van der Waals surface area contributed by atoms with Crippen molar-refractivity contribution in [2.45, 2.75) is 32.2 Å². The standard InChI is InChI=1S/C12H27N3O2S2/c1-11(6-9-18-3)14(2)19(16,17)15-7-4-12(10-13)5-8-15/h11-12H,4-10,13H2,1-3H3. The molecule has 0 aromatic carbocycles. The smallest absolute Gasteiger partial charge is 0.281 e. The lowest BCUT2D eigenvalue weighted by Crippen LogP contribution is -2.49. The molecule has 1 atom stereocenters. The molecule has 1 rings (SSSR count). The van der Waals surface area contributed by atoms with Gasteiger partial charge in [0.05, 0.1) is 0 Å². The van der Waals surface area contributed by atoms with Gasteiger partial charge in [0.15, 0.2) is 0 Å². The second-order valence-corrected chi connectivity index (χ2v) is 8.21. The molecule has 2 N–H and O–H groups in total. The molecule has 0 amide bonds. The molecular formula is C12H27N3O2S2. The van der Waals surface area contributed by atoms with Crippen LogP contribution >= 0.6 is 11.8 Å². The van der Waals surface area contributed by atoms with Crippen molar-refractivity contribution in [1.82, 2.24) is 8.61 Å². The molecule has 1 unspecified atom stereocenters. The minimum absolute atomic E-state index is 0.0460. The van der Waals surface area contributed by atoms with E-state index >= 15 is 0 Å². The lowest BCUT2D eigenvalue weighted by Gasteiger charge is -2.35. The molecule has 1 heterocycles. The summed E-state index contributed by atoms with van der Waals surface area (Å²) in [5, 5.41) is 0. The third kappa shape index (κ3) is 4.60. The molecule has 0 aromatic rings. The zero-order valence-electron chi connectivity index (χ0n) is 12.2. The van der Waals surface area contributed by atoms with Gasteiger partial charge in [0, 0.05) is 26.2 Å². The first kappa shape index (κ1) is 17.2. The first-order valence-corrected chi connectivity index (χ1v) is 9.64. The monoisotopic (exact) mass is 309 g/mol. The van der Waals surface area contributed by atoms with Crippen molar-refractivity contribution in [3.05, 3.63) is 0 Å². The molecule has 0 saturated carbocycles. The van der Waals surface area contributed by atoms with Crippen LogP contribution < -0.4 is 5.73 Å². The molecule has 19 heavy (non-hydrogen) atoms. The number of thioether (sulfide) groups is 1. The minimum atomic E-state index is -3.31. The molecule has 0 radical (unpaired) electrons. The van der Waals surface area contributed by atoms with Gasteiger partial charge >= 0.3 is 0 Å². The summed E-state index contributed by atoms with van der Waals surface area (Å²) in [5.74, 6) is 1.46. The van der Waals surface area contributed by atoms with E-state index in [4.69, 9.17) is 5.73 Å². The van der Waals surface area contributed by atoms with Gasteiger partial charge < -0.3 is 5.73 Å². The summed E-state index contributed by atoms with van der Waals surface area (Å²) in [4.78, 5) is 0. The average molecular weight is 310 g/mol. The number of hydrogen-bond acceptors (Lipinski definition) is 4. The summed E-state index contributed by atoms with van der Waals surface area (Å²) in [7, 11) is -1.62. The van der Waals surface area contributed by atoms with Crippen molar-refractivity contribution in [2.24, 2.45) is 11.7 Å². The third-order valence-corrected chi connectivity index (χ3v) is 6.71. The van der Waals surface area contributed by atoms with Gasteiger partial charge in [-0.25, -0.2) is 0 Å². The minimum Gasteiger partial charge on any atom is -0.330 e. The summed E-state index contributed by atoms with van der Waals surface area (Å²) >= 11 is 1.75. The largest absolute Gasteiger partial charge is 0.330 e. The molecule has 114 valence electrons. The van der Waals surface area contributed by atoms with Crippen molar-refractivity contribution in [3.8, 4) is 0 Å². The van der Waals surface area contributed by atoms with E-state index < -0.39 is 10.2 Å². The Morgan fingerprint density at radius 1 is 1.42 bits per heavy atom. The Balaban J connectivity index is 2.59. The van der Waals surface area contributed by atoms with Crippen LogP contribution in [0.15, 0.2) is 0 Å². The maximum Gasteiger partial charge on any atom is 0.281 e. The van der Waals surface area contributed by atoms with Crippen molar-refractivity contribution in [1.29, 1.82) is 0 Å². The quantitative estimate of drug-likeness (QED) is 0.761. The first-order valence-electron chi connectivity index (χ1n) is 6.85. The van der Waals surface area contributed by atoms with Crippen LogP contribution in [0.5, 0.6) is 0 Å². The molecule has 1 saturated heterocycles. The Hall–Kier alpha value is 0.180. The second-order valence-electron chi connectivity index (χ2n) is 5.23. The highest BCUT2D eigenvalue weighted by Gasteiger charge is 2.32. The van der Waals surface area contributed by atoms with Gasteiger partial charge in [-0.05, 0) is 50.7 Å². The van der Waals surface area contributed by atoms with E-state index in [1.807, 2.05) is 13.2 Å². The average Bonchev–Trinajstić information content (AvgIpc) is 2.43. The van der Waals surface area contributed by atoms with Crippen LogP contribution in [0, 0.1) is 5.92 Å². The molecule has 0 aromatic heterocycles. The summed E-state index contributed by atoms with van der Waals surface area (Å²) in [6, 6.07) is 0.0460. The zero-order chi connectivity index (χ0) is 14.5. The van der Waals surface area contributed by atoms with E-state index in [1.54, 1.807) is 23.1 Å². The van der Waals surface area contributed by atoms with Gasteiger partial charge in [-0.3, -0.25) is 0 Å². The van der Waals surface area contributed by atoms with Crippen LogP contribution in [-0.4, -0.2) is 61.8 Å². The first-order chi connectivity index (χ1) is 8.93. The van der Waals surface area contributed by atoms with Crippen LogP contribution in [-0.2, 0) is 10.2 Å². The molecule has 5 nitrogen and oxygen atoms in total. The van der Waals surface area contributed by atoms with Crippen LogP contribution in [0.1, 0.15) is 26.2 Å². The second kappa shape index (κ2) is 7.83. The van der Waals surface area contributed by atoms with Crippen molar-refractivity contribution < 1.29 is 8.42 Å². The van der Waals surface area contributed by atoms with Crippen LogP contribution in [0.4, 0.5) is 0 Å². The van der Waals surface area contributed by atoms with Gasteiger partial charge in [0.25, 0.3) is 10.2 Å². The van der Waals surface area contributed by atoms with E-state index in [9.17, 15) is 8.42 Å². The summed E-state index contributed by atoms with van der Waals surface area (Å²) in [5.41, 5.74) is 5.64. The molecule has 0 spiro atoms. The Morgan fingerprint density at radius 2 is 2.00 bits per heavy atom. The lowest BCUT2D eigenvalue weighted by molar-refractivity contribution is 0.253. The Morgan fingerprint density at radius 3 is 2.47 bits per heavy atom. The topological polar surface area (TPSA) is 66.6 Å². The van der Waals surface area contributed by atoms with Gasteiger partial charge in [0.2, 0.25) is 0 Å². The normalized spacial score (nSPS) is 20.9. The lowest BCUT2D eigenvalue weighted by atomic mass is 9.99. The predicted octanol–water partition coefficient (Wildman–Crippen LogP) is 0.975. The highest BCUT2D eigenvalue weighted by Crippen LogP contribution is 2.21. The molecule has 0 aliphatic carbocycles. The third-order valence-electron chi connectivity index (χ3n) is 3.96.